The topological polar surface area (TPSA) is 82.1 Å². The minimum absolute atomic E-state index is 0.220. The second kappa shape index (κ2) is 11.4. The van der Waals surface area contributed by atoms with E-state index in [4.69, 9.17) is 9.47 Å². The van der Waals surface area contributed by atoms with Crippen LogP contribution in [0.15, 0.2) is 45.8 Å². The zero-order valence-corrected chi connectivity index (χ0v) is 22.7. The van der Waals surface area contributed by atoms with Crippen molar-refractivity contribution in [2.75, 3.05) is 13.7 Å². The zero-order valence-electron chi connectivity index (χ0n) is 18.1. The van der Waals surface area contributed by atoms with E-state index in [9.17, 15) is 14.4 Å². The number of methoxy groups -OCH3 is 1. The van der Waals surface area contributed by atoms with Crippen molar-refractivity contribution in [1.29, 1.82) is 0 Å². The summed E-state index contributed by atoms with van der Waals surface area (Å²) in [6.07, 6.45) is 1.61. The number of amides is 2. The molecule has 1 aliphatic rings. The van der Waals surface area contributed by atoms with Gasteiger partial charge in [0.25, 0.3) is 11.1 Å². The van der Waals surface area contributed by atoms with Crippen LogP contribution in [0.1, 0.15) is 25.0 Å². The lowest BCUT2D eigenvalue weighted by Crippen LogP contribution is -2.42. The molecular weight excluding hydrogens is 625 g/mol. The fraction of sp³-hybridized carbons (Fsp3) is 0.261. The molecule has 33 heavy (non-hydrogen) atoms. The fourth-order valence-electron chi connectivity index (χ4n) is 3.05. The van der Waals surface area contributed by atoms with Crippen molar-refractivity contribution in [3.63, 3.8) is 0 Å². The number of thioether (sulfide) groups is 1. The van der Waals surface area contributed by atoms with Gasteiger partial charge in [-0.3, -0.25) is 14.5 Å². The van der Waals surface area contributed by atoms with E-state index in [0.29, 0.717) is 30.3 Å². The third-order valence-electron chi connectivity index (χ3n) is 4.68. The van der Waals surface area contributed by atoms with Crippen LogP contribution in [0.25, 0.3) is 6.08 Å². The lowest BCUT2D eigenvalue weighted by Gasteiger charge is -2.18. The summed E-state index contributed by atoms with van der Waals surface area (Å²) in [4.78, 5) is 38.1. The lowest BCUT2D eigenvalue weighted by molar-refractivity contribution is -0.148. The molecule has 0 saturated carbocycles. The normalized spacial score (nSPS) is 15.7. The van der Waals surface area contributed by atoms with Crippen LogP contribution >= 0.6 is 50.3 Å². The number of hydrogen-bond donors (Lipinski definition) is 0. The summed E-state index contributed by atoms with van der Waals surface area (Å²) in [5.74, 6) is -0.0507. The smallest absolute Gasteiger partial charge is 0.328 e. The van der Waals surface area contributed by atoms with Crippen LogP contribution in [-0.2, 0) is 20.9 Å². The molecule has 2 aromatic carbocycles. The SMILES string of the molecule is CCOc1cc(/C=C2/SC(=O)N([C@H](C)C(=O)OC)C2=O)cc(I)c1OCc1ccc(Br)cc1. The second-order valence-electron chi connectivity index (χ2n) is 6.93. The molecule has 1 fully saturated rings. The second-order valence-corrected chi connectivity index (χ2v) is 10.0. The number of imide groups is 1. The van der Waals surface area contributed by atoms with Gasteiger partial charge in [0, 0.05) is 4.47 Å². The van der Waals surface area contributed by atoms with E-state index in [1.54, 1.807) is 12.1 Å². The number of benzene rings is 2. The van der Waals surface area contributed by atoms with Crippen molar-refractivity contribution in [2.24, 2.45) is 0 Å². The van der Waals surface area contributed by atoms with Crippen molar-refractivity contribution < 1.29 is 28.6 Å². The van der Waals surface area contributed by atoms with E-state index in [0.717, 1.165) is 30.3 Å². The average Bonchev–Trinajstić information content (AvgIpc) is 3.06. The lowest BCUT2D eigenvalue weighted by atomic mass is 10.1. The molecule has 1 aliphatic heterocycles. The molecule has 2 amide bonds. The summed E-state index contributed by atoms with van der Waals surface area (Å²) >= 11 is 6.35. The van der Waals surface area contributed by atoms with Crippen LogP contribution in [0.4, 0.5) is 4.79 Å². The first kappa shape index (κ1) is 25.6. The Labute approximate surface area is 218 Å². The van der Waals surface area contributed by atoms with Crippen molar-refractivity contribution in [1.82, 2.24) is 4.90 Å². The Morgan fingerprint density at radius 1 is 1.21 bits per heavy atom. The number of ether oxygens (including phenoxy) is 3. The predicted molar refractivity (Wildman–Crippen MR) is 138 cm³/mol. The molecule has 0 bridgehead atoms. The van der Waals surface area contributed by atoms with Crippen molar-refractivity contribution >= 4 is 73.5 Å². The number of carbonyl (C=O) groups is 3. The number of halogens is 2. The number of nitrogens with zero attached hydrogens (tertiary/aromatic N) is 1. The van der Waals surface area contributed by atoms with Gasteiger partial charge in [0.05, 0.1) is 22.2 Å². The molecule has 0 aromatic heterocycles. The Morgan fingerprint density at radius 2 is 1.91 bits per heavy atom. The minimum Gasteiger partial charge on any atom is -0.490 e. The molecule has 0 radical (unpaired) electrons. The standard InChI is InChI=1S/C23H21BrINO6S/c1-4-31-18-10-15(9-17(25)20(18)32-12-14-5-7-16(24)8-6-14)11-19-21(27)26(23(29)33-19)13(2)22(28)30-3/h5-11,13H,4,12H2,1-3H3/b19-11+/t13-/m1/s1. The highest BCUT2D eigenvalue weighted by Crippen LogP contribution is 2.38. The zero-order chi connectivity index (χ0) is 24.1. The molecule has 10 heteroatoms. The Hall–Kier alpha value is -2.05. The number of esters is 1. The first-order valence-corrected chi connectivity index (χ1v) is 12.6. The van der Waals surface area contributed by atoms with Gasteiger partial charge in [0.1, 0.15) is 12.6 Å². The molecule has 1 heterocycles. The van der Waals surface area contributed by atoms with Crippen LogP contribution in [0.5, 0.6) is 11.5 Å². The molecule has 7 nitrogen and oxygen atoms in total. The largest absolute Gasteiger partial charge is 0.490 e. The van der Waals surface area contributed by atoms with Crippen LogP contribution < -0.4 is 9.47 Å². The van der Waals surface area contributed by atoms with E-state index >= 15 is 0 Å². The van der Waals surface area contributed by atoms with E-state index in [1.165, 1.54) is 14.0 Å². The van der Waals surface area contributed by atoms with Crippen LogP contribution in [0.3, 0.4) is 0 Å². The van der Waals surface area contributed by atoms with Crippen LogP contribution in [-0.4, -0.2) is 41.8 Å². The number of carbonyl (C=O) groups excluding carboxylic acids is 3. The summed E-state index contributed by atoms with van der Waals surface area (Å²) in [5, 5.41) is -0.515. The molecule has 2 aromatic rings. The summed E-state index contributed by atoms with van der Waals surface area (Å²) in [7, 11) is 1.21. The highest BCUT2D eigenvalue weighted by atomic mass is 127. The van der Waals surface area contributed by atoms with Gasteiger partial charge in [0.2, 0.25) is 0 Å². The monoisotopic (exact) mass is 645 g/mol. The molecule has 3 rings (SSSR count). The van der Waals surface area contributed by atoms with E-state index in [2.05, 4.69) is 43.3 Å². The van der Waals surface area contributed by atoms with E-state index in [-0.39, 0.29) is 4.91 Å². The third-order valence-corrected chi connectivity index (χ3v) is 6.89. The van der Waals surface area contributed by atoms with Crippen molar-refractivity contribution in [3.05, 3.63) is 60.5 Å². The Kier molecular flexibility index (Phi) is 8.82. The Bertz CT molecular complexity index is 1100. The van der Waals surface area contributed by atoms with Crippen molar-refractivity contribution in [2.45, 2.75) is 26.5 Å². The predicted octanol–water partition coefficient (Wildman–Crippen LogP) is 5.63. The number of rotatable bonds is 8. The maximum absolute atomic E-state index is 12.8. The highest BCUT2D eigenvalue weighted by molar-refractivity contribution is 14.1. The third kappa shape index (κ3) is 6.10. The van der Waals surface area contributed by atoms with Gasteiger partial charge < -0.3 is 14.2 Å². The molecule has 0 unspecified atom stereocenters. The van der Waals surface area contributed by atoms with E-state index in [1.807, 2.05) is 37.3 Å². The average molecular weight is 646 g/mol. The Morgan fingerprint density at radius 3 is 2.55 bits per heavy atom. The molecule has 1 saturated heterocycles. The van der Waals surface area contributed by atoms with Crippen LogP contribution in [0, 0.1) is 3.57 Å². The van der Waals surface area contributed by atoms with Gasteiger partial charge in [-0.15, -0.1) is 0 Å². The van der Waals surface area contributed by atoms with E-state index < -0.39 is 23.2 Å². The van der Waals surface area contributed by atoms with Gasteiger partial charge in [-0.25, -0.2) is 4.79 Å². The molecular formula is C23H21BrINO6S. The maximum atomic E-state index is 12.8. The highest BCUT2D eigenvalue weighted by Gasteiger charge is 2.41. The van der Waals surface area contributed by atoms with Gasteiger partial charge in [-0.2, -0.15) is 0 Å². The first-order valence-electron chi connectivity index (χ1n) is 9.93. The molecule has 0 spiro atoms. The molecule has 174 valence electrons. The molecule has 0 aliphatic carbocycles. The number of hydrogen-bond acceptors (Lipinski definition) is 7. The Balaban J connectivity index is 1.86. The quantitative estimate of drug-likeness (QED) is 0.209. The summed E-state index contributed by atoms with van der Waals surface area (Å²) in [6, 6.07) is 10.4. The van der Waals surface area contributed by atoms with Crippen LogP contribution in [0.2, 0.25) is 0 Å². The summed E-state index contributed by atoms with van der Waals surface area (Å²) < 4.78 is 18.3. The van der Waals surface area contributed by atoms with Gasteiger partial charge >= 0.3 is 5.97 Å². The van der Waals surface area contributed by atoms with Gasteiger partial charge in [0.15, 0.2) is 11.5 Å². The first-order chi connectivity index (χ1) is 15.7. The molecule has 0 N–H and O–H groups in total. The fourth-order valence-corrected chi connectivity index (χ4v) is 5.01. The maximum Gasteiger partial charge on any atom is 0.328 e. The molecule has 1 atom stereocenters. The van der Waals surface area contributed by atoms with Gasteiger partial charge in [-0.05, 0) is 89.7 Å². The van der Waals surface area contributed by atoms with Gasteiger partial charge in [-0.1, -0.05) is 28.1 Å². The minimum atomic E-state index is -0.998. The summed E-state index contributed by atoms with van der Waals surface area (Å²) in [5.41, 5.74) is 1.68. The summed E-state index contributed by atoms with van der Waals surface area (Å²) in [6.45, 7) is 4.13. The van der Waals surface area contributed by atoms with Crippen molar-refractivity contribution in [3.8, 4) is 11.5 Å².